The predicted molar refractivity (Wildman–Crippen MR) is 82.6 cm³/mol. The van der Waals surface area contributed by atoms with E-state index in [0.717, 1.165) is 38.7 Å². The molecule has 1 fully saturated rings. The maximum Gasteiger partial charge on any atom is 0.225 e. The Balaban J connectivity index is 1.41. The van der Waals surface area contributed by atoms with Gasteiger partial charge in [0.05, 0.1) is 0 Å². The molecule has 2 heterocycles. The molecule has 0 bridgehead atoms. The van der Waals surface area contributed by atoms with Crippen molar-refractivity contribution in [3.05, 3.63) is 48.5 Å². The van der Waals surface area contributed by atoms with Gasteiger partial charge in [-0.1, -0.05) is 6.07 Å². The lowest BCUT2D eigenvalue weighted by Crippen LogP contribution is -2.48. The van der Waals surface area contributed by atoms with Crippen LogP contribution in [0.2, 0.25) is 0 Å². The van der Waals surface area contributed by atoms with Crippen LogP contribution in [0.3, 0.4) is 0 Å². The standard InChI is InChI=1S/C16H19FN4O/c17-14-3-1-4-15(13-14)22-12-11-20-7-9-21(10-8-20)16-18-5-2-6-19-16/h1-6,13H,7-12H2. The van der Waals surface area contributed by atoms with Gasteiger partial charge in [-0.25, -0.2) is 14.4 Å². The molecule has 116 valence electrons. The number of nitrogens with zero attached hydrogens (tertiary/aromatic N) is 4. The number of piperazine rings is 1. The molecule has 1 aromatic heterocycles. The molecule has 6 heteroatoms. The minimum absolute atomic E-state index is 0.269. The molecule has 3 rings (SSSR count). The molecule has 22 heavy (non-hydrogen) atoms. The Bertz CT molecular complexity index is 588. The molecule has 0 spiro atoms. The van der Waals surface area contributed by atoms with Gasteiger partial charge in [-0.05, 0) is 18.2 Å². The zero-order chi connectivity index (χ0) is 15.2. The number of hydrogen-bond acceptors (Lipinski definition) is 5. The van der Waals surface area contributed by atoms with Crippen LogP contribution < -0.4 is 9.64 Å². The Hall–Kier alpha value is -2.21. The number of hydrogen-bond donors (Lipinski definition) is 0. The largest absolute Gasteiger partial charge is 0.492 e. The van der Waals surface area contributed by atoms with Crippen LogP contribution in [-0.4, -0.2) is 54.2 Å². The second-order valence-corrected chi connectivity index (χ2v) is 5.18. The normalized spacial score (nSPS) is 15.8. The molecule has 0 aliphatic carbocycles. The number of benzene rings is 1. The van der Waals surface area contributed by atoms with Crippen molar-refractivity contribution in [1.82, 2.24) is 14.9 Å². The summed E-state index contributed by atoms with van der Waals surface area (Å²) in [5.74, 6) is 1.10. The number of aromatic nitrogens is 2. The second kappa shape index (κ2) is 7.17. The van der Waals surface area contributed by atoms with Crippen LogP contribution >= 0.6 is 0 Å². The first kappa shape index (κ1) is 14.7. The summed E-state index contributed by atoms with van der Waals surface area (Å²) in [6, 6.07) is 8.07. The molecule has 0 radical (unpaired) electrons. The van der Waals surface area contributed by atoms with Gasteiger partial charge in [0.2, 0.25) is 5.95 Å². The first-order chi connectivity index (χ1) is 10.8. The summed E-state index contributed by atoms with van der Waals surface area (Å²) in [7, 11) is 0. The summed E-state index contributed by atoms with van der Waals surface area (Å²) in [5.41, 5.74) is 0. The summed E-state index contributed by atoms with van der Waals surface area (Å²) < 4.78 is 18.6. The first-order valence-electron chi connectivity index (χ1n) is 7.44. The fourth-order valence-corrected chi connectivity index (χ4v) is 2.48. The topological polar surface area (TPSA) is 41.5 Å². The molecule has 1 aliphatic heterocycles. The van der Waals surface area contributed by atoms with Crippen molar-refractivity contribution in [2.45, 2.75) is 0 Å². The quantitative estimate of drug-likeness (QED) is 0.842. The van der Waals surface area contributed by atoms with E-state index >= 15 is 0 Å². The van der Waals surface area contributed by atoms with Crippen LogP contribution in [0.25, 0.3) is 0 Å². The van der Waals surface area contributed by atoms with E-state index in [4.69, 9.17) is 4.74 Å². The Morgan fingerprint density at radius 2 is 1.82 bits per heavy atom. The SMILES string of the molecule is Fc1cccc(OCCN2CCN(c3ncccn3)CC2)c1. The van der Waals surface area contributed by atoms with E-state index in [1.165, 1.54) is 12.1 Å². The van der Waals surface area contributed by atoms with Crippen LogP contribution in [-0.2, 0) is 0 Å². The highest BCUT2D eigenvalue weighted by molar-refractivity contribution is 5.29. The Morgan fingerprint density at radius 3 is 2.55 bits per heavy atom. The van der Waals surface area contributed by atoms with E-state index in [-0.39, 0.29) is 5.82 Å². The summed E-state index contributed by atoms with van der Waals surface area (Å²) in [6.45, 7) is 5.11. The van der Waals surface area contributed by atoms with Gasteiger partial charge in [0.25, 0.3) is 0 Å². The van der Waals surface area contributed by atoms with Crippen molar-refractivity contribution in [3.8, 4) is 5.75 Å². The van der Waals surface area contributed by atoms with Gasteiger partial charge < -0.3 is 9.64 Å². The van der Waals surface area contributed by atoms with Gasteiger partial charge in [0.1, 0.15) is 18.2 Å². The highest BCUT2D eigenvalue weighted by Crippen LogP contribution is 2.12. The molecule has 0 unspecified atom stereocenters. The van der Waals surface area contributed by atoms with Gasteiger partial charge in [-0.3, -0.25) is 4.90 Å². The van der Waals surface area contributed by atoms with Crippen LogP contribution in [0.5, 0.6) is 5.75 Å². The summed E-state index contributed by atoms with van der Waals surface area (Å²) in [4.78, 5) is 13.1. The molecular weight excluding hydrogens is 283 g/mol. The highest BCUT2D eigenvalue weighted by atomic mass is 19.1. The number of rotatable bonds is 5. The molecule has 2 aromatic rings. The third-order valence-corrected chi connectivity index (χ3v) is 3.68. The smallest absolute Gasteiger partial charge is 0.225 e. The lowest BCUT2D eigenvalue weighted by Gasteiger charge is -2.34. The van der Waals surface area contributed by atoms with Gasteiger partial charge in [-0.2, -0.15) is 0 Å². The predicted octanol–water partition coefficient (Wildman–Crippen LogP) is 1.82. The van der Waals surface area contributed by atoms with Crippen LogP contribution in [0.4, 0.5) is 10.3 Å². The van der Waals surface area contributed by atoms with Crippen molar-refractivity contribution < 1.29 is 9.13 Å². The van der Waals surface area contributed by atoms with E-state index in [1.54, 1.807) is 24.5 Å². The Labute approximate surface area is 129 Å². The van der Waals surface area contributed by atoms with Crippen molar-refractivity contribution in [3.63, 3.8) is 0 Å². The summed E-state index contributed by atoms with van der Waals surface area (Å²) >= 11 is 0. The maximum absolute atomic E-state index is 13.0. The van der Waals surface area contributed by atoms with Gasteiger partial charge >= 0.3 is 0 Å². The minimum Gasteiger partial charge on any atom is -0.492 e. The van der Waals surface area contributed by atoms with Crippen LogP contribution in [0.1, 0.15) is 0 Å². The zero-order valence-electron chi connectivity index (χ0n) is 12.4. The Kier molecular flexibility index (Phi) is 4.80. The van der Waals surface area contributed by atoms with E-state index < -0.39 is 0 Å². The van der Waals surface area contributed by atoms with Gasteiger partial charge in [0.15, 0.2) is 0 Å². The highest BCUT2D eigenvalue weighted by Gasteiger charge is 2.18. The van der Waals surface area contributed by atoms with E-state index in [1.807, 2.05) is 6.07 Å². The number of halogens is 1. The molecule has 0 atom stereocenters. The average Bonchev–Trinajstić information content (AvgIpc) is 2.56. The number of anilines is 1. The molecule has 0 N–H and O–H groups in total. The molecule has 0 saturated carbocycles. The van der Waals surface area contributed by atoms with Crippen molar-refractivity contribution in [2.75, 3.05) is 44.2 Å². The lowest BCUT2D eigenvalue weighted by atomic mass is 10.3. The lowest BCUT2D eigenvalue weighted by molar-refractivity contribution is 0.199. The number of ether oxygens (including phenoxy) is 1. The van der Waals surface area contributed by atoms with Gasteiger partial charge in [0, 0.05) is 51.2 Å². The Morgan fingerprint density at radius 1 is 1.05 bits per heavy atom. The van der Waals surface area contributed by atoms with Crippen molar-refractivity contribution >= 4 is 5.95 Å². The average molecular weight is 302 g/mol. The summed E-state index contributed by atoms with van der Waals surface area (Å²) in [5, 5.41) is 0. The van der Waals surface area contributed by atoms with E-state index in [9.17, 15) is 4.39 Å². The molecular formula is C16H19FN4O. The monoisotopic (exact) mass is 302 g/mol. The fraction of sp³-hybridized carbons (Fsp3) is 0.375. The van der Waals surface area contributed by atoms with Crippen molar-refractivity contribution in [1.29, 1.82) is 0 Å². The van der Waals surface area contributed by atoms with E-state index in [0.29, 0.717) is 12.4 Å². The third-order valence-electron chi connectivity index (χ3n) is 3.68. The third kappa shape index (κ3) is 3.92. The molecule has 0 amide bonds. The van der Waals surface area contributed by atoms with Crippen molar-refractivity contribution in [2.24, 2.45) is 0 Å². The van der Waals surface area contributed by atoms with Gasteiger partial charge in [-0.15, -0.1) is 0 Å². The van der Waals surface area contributed by atoms with E-state index in [2.05, 4.69) is 19.8 Å². The molecule has 1 aliphatic rings. The van der Waals surface area contributed by atoms with Crippen LogP contribution in [0.15, 0.2) is 42.7 Å². The minimum atomic E-state index is -0.269. The first-order valence-corrected chi connectivity index (χ1v) is 7.44. The second-order valence-electron chi connectivity index (χ2n) is 5.18. The zero-order valence-corrected chi connectivity index (χ0v) is 12.4. The maximum atomic E-state index is 13.0. The summed E-state index contributed by atoms with van der Waals surface area (Å²) in [6.07, 6.45) is 3.53. The molecule has 1 aromatic carbocycles. The molecule has 5 nitrogen and oxygen atoms in total. The fourth-order valence-electron chi connectivity index (χ4n) is 2.48. The molecule has 1 saturated heterocycles. The van der Waals surface area contributed by atoms with Crippen LogP contribution in [0, 0.1) is 5.82 Å².